The van der Waals surface area contributed by atoms with Crippen LogP contribution in [0.25, 0.3) is 0 Å². The summed E-state index contributed by atoms with van der Waals surface area (Å²) in [6, 6.07) is 0. The average Bonchev–Trinajstić information content (AvgIpc) is 1.91. The molecule has 0 unspecified atom stereocenters. The number of aryl methyl sites for hydroxylation is 2. The number of H-pyrrole nitrogens is 1. The van der Waals surface area contributed by atoms with Crippen LogP contribution < -0.4 is 0 Å². The topological polar surface area (TPSA) is 15.8 Å². The van der Waals surface area contributed by atoms with Gasteiger partial charge in [-0.05, 0) is 25.0 Å². The maximum Gasteiger partial charge on any atom is 0.0654 e. The van der Waals surface area contributed by atoms with Gasteiger partial charge in [-0.25, -0.2) is 0 Å². The zero-order chi connectivity index (χ0) is 5.28. The van der Waals surface area contributed by atoms with Crippen molar-refractivity contribution in [1.29, 1.82) is 0 Å². The zero-order valence-electron chi connectivity index (χ0n) is 4.58. The number of aromatic nitrogens is 1. The monoisotopic (exact) mass is 94.1 g/mol. The minimum absolute atomic E-state index is 1.21. The fourth-order valence-corrected chi connectivity index (χ4v) is 0.459. The quantitative estimate of drug-likeness (QED) is 0.500. The molecule has 0 aliphatic heterocycles. The summed E-state index contributed by atoms with van der Waals surface area (Å²) in [5.41, 5.74) is 2.49. The molecule has 0 aliphatic carbocycles. The molecule has 1 rings (SSSR count). The number of nitrogens with one attached hydrogen (secondary N) is 1. The van der Waals surface area contributed by atoms with Crippen LogP contribution in [-0.4, -0.2) is 4.98 Å². The lowest BCUT2D eigenvalue weighted by molar-refractivity contribution is 1.37. The minimum Gasteiger partial charge on any atom is -0.359 e. The summed E-state index contributed by atoms with van der Waals surface area (Å²) >= 11 is 0. The predicted octanol–water partition coefficient (Wildman–Crippen LogP) is 1.43. The number of rotatable bonds is 0. The third-order valence-electron chi connectivity index (χ3n) is 1.14. The first-order chi connectivity index (χ1) is 3.30. The van der Waals surface area contributed by atoms with Crippen molar-refractivity contribution >= 4 is 0 Å². The molecule has 1 radical (unpaired) electrons. The standard InChI is InChI=1S/C6H8N/c1-5-3-7-4-6(5)2/h3,7H,1-2H3. The maximum atomic E-state index is 2.94. The summed E-state index contributed by atoms with van der Waals surface area (Å²) in [6.07, 6.45) is 4.88. The van der Waals surface area contributed by atoms with Crippen LogP contribution in [0.3, 0.4) is 0 Å². The second-order valence-corrected chi connectivity index (χ2v) is 1.72. The van der Waals surface area contributed by atoms with Crippen LogP contribution in [0.5, 0.6) is 0 Å². The Balaban J connectivity index is 3.12. The molecule has 1 N–H and O–H groups in total. The van der Waals surface area contributed by atoms with Gasteiger partial charge in [-0.1, -0.05) is 0 Å². The van der Waals surface area contributed by atoms with Gasteiger partial charge in [-0.15, -0.1) is 0 Å². The van der Waals surface area contributed by atoms with E-state index >= 15 is 0 Å². The minimum atomic E-state index is 1.21. The Bertz CT molecular complexity index is 136. The van der Waals surface area contributed by atoms with Crippen LogP contribution in [0.2, 0.25) is 0 Å². The van der Waals surface area contributed by atoms with Crippen molar-refractivity contribution in [3.8, 4) is 0 Å². The van der Waals surface area contributed by atoms with Crippen LogP contribution >= 0.6 is 0 Å². The van der Waals surface area contributed by atoms with E-state index in [4.69, 9.17) is 0 Å². The smallest absolute Gasteiger partial charge is 0.0654 e. The second kappa shape index (κ2) is 1.41. The third-order valence-corrected chi connectivity index (χ3v) is 1.14. The van der Waals surface area contributed by atoms with Gasteiger partial charge in [-0.3, -0.25) is 0 Å². The Morgan fingerprint density at radius 1 is 1.57 bits per heavy atom. The molecule has 7 heavy (non-hydrogen) atoms. The van der Waals surface area contributed by atoms with Crippen molar-refractivity contribution in [3.63, 3.8) is 0 Å². The van der Waals surface area contributed by atoms with Crippen LogP contribution in [0, 0.1) is 20.0 Å². The normalized spacial score (nSPS) is 9.43. The van der Waals surface area contributed by atoms with Crippen molar-refractivity contribution in [2.45, 2.75) is 13.8 Å². The summed E-state index contributed by atoms with van der Waals surface area (Å²) < 4.78 is 0. The number of hydrogen-bond acceptors (Lipinski definition) is 0. The van der Waals surface area contributed by atoms with Crippen molar-refractivity contribution in [2.75, 3.05) is 0 Å². The van der Waals surface area contributed by atoms with E-state index in [0.717, 1.165) is 0 Å². The van der Waals surface area contributed by atoms with Crippen LogP contribution in [0.1, 0.15) is 11.1 Å². The van der Waals surface area contributed by atoms with E-state index < -0.39 is 0 Å². The largest absolute Gasteiger partial charge is 0.359 e. The first kappa shape index (κ1) is 4.44. The molecule has 0 bridgehead atoms. The molecule has 0 saturated heterocycles. The molecule has 0 aliphatic rings. The third kappa shape index (κ3) is 0.660. The summed E-state index contributed by atoms with van der Waals surface area (Å²) in [4.78, 5) is 2.87. The highest BCUT2D eigenvalue weighted by atomic mass is 14.6. The summed E-state index contributed by atoms with van der Waals surface area (Å²) in [7, 11) is 0. The molecule has 1 heteroatoms. The SMILES string of the molecule is Cc1[c][nH]cc1C. The predicted molar refractivity (Wildman–Crippen MR) is 29.1 cm³/mol. The van der Waals surface area contributed by atoms with E-state index in [-0.39, 0.29) is 0 Å². The number of hydrogen-bond donors (Lipinski definition) is 1. The molecular formula is C6H8N. The summed E-state index contributed by atoms with van der Waals surface area (Å²) in [5.74, 6) is 0. The molecule has 1 aromatic rings. The zero-order valence-corrected chi connectivity index (χ0v) is 4.58. The van der Waals surface area contributed by atoms with Gasteiger partial charge in [0, 0.05) is 6.20 Å². The Labute approximate surface area is 43.4 Å². The van der Waals surface area contributed by atoms with E-state index in [1.54, 1.807) is 0 Å². The Morgan fingerprint density at radius 3 is 2.43 bits per heavy atom. The first-order valence-corrected chi connectivity index (χ1v) is 2.33. The van der Waals surface area contributed by atoms with Gasteiger partial charge in [0.05, 0.1) is 6.20 Å². The highest BCUT2D eigenvalue weighted by molar-refractivity contribution is 5.17. The van der Waals surface area contributed by atoms with Crippen molar-refractivity contribution in [2.24, 2.45) is 0 Å². The molecule has 0 atom stereocenters. The molecule has 1 nitrogen and oxygen atoms in total. The molecule has 1 aromatic heterocycles. The van der Waals surface area contributed by atoms with Gasteiger partial charge in [-0.2, -0.15) is 0 Å². The van der Waals surface area contributed by atoms with Gasteiger partial charge >= 0.3 is 0 Å². The molecular weight excluding hydrogens is 86.1 g/mol. The molecule has 0 aromatic carbocycles. The van der Waals surface area contributed by atoms with Crippen LogP contribution in [0.4, 0.5) is 0 Å². The van der Waals surface area contributed by atoms with Crippen LogP contribution in [0.15, 0.2) is 6.20 Å². The molecule has 0 fully saturated rings. The summed E-state index contributed by atoms with van der Waals surface area (Å²) in [6.45, 7) is 4.09. The van der Waals surface area contributed by atoms with E-state index in [2.05, 4.69) is 18.1 Å². The van der Waals surface area contributed by atoms with Gasteiger partial charge in [0.15, 0.2) is 0 Å². The fourth-order valence-electron chi connectivity index (χ4n) is 0.459. The van der Waals surface area contributed by atoms with Crippen LogP contribution in [-0.2, 0) is 0 Å². The Hall–Kier alpha value is -0.720. The fraction of sp³-hybridized carbons (Fsp3) is 0.333. The van der Waals surface area contributed by atoms with E-state index in [9.17, 15) is 0 Å². The van der Waals surface area contributed by atoms with E-state index in [1.807, 2.05) is 13.1 Å². The Morgan fingerprint density at radius 2 is 2.29 bits per heavy atom. The maximum absolute atomic E-state index is 2.94. The molecule has 0 spiro atoms. The van der Waals surface area contributed by atoms with Crippen molar-refractivity contribution < 1.29 is 0 Å². The van der Waals surface area contributed by atoms with Gasteiger partial charge in [0.2, 0.25) is 0 Å². The van der Waals surface area contributed by atoms with E-state index in [0.29, 0.717) is 0 Å². The van der Waals surface area contributed by atoms with Gasteiger partial charge in [0.25, 0.3) is 0 Å². The van der Waals surface area contributed by atoms with E-state index in [1.165, 1.54) is 11.1 Å². The van der Waals surface area contributed by atoms with Crippen molar-refractivity contribution in [3.05, 3.63) is 23.5 Å². The number of aromatic amines is 1. The lowest BCUT2D eigenvalue weighted by atomic mass is 10.2. The molecule has 37 valence electrons. The molecule has 1 heterocycles. The lowest BCUT2D eigenvalue weighted by Gasteiger charge is -1.78. The average molecular weight is 94.1 g/mol. The highest BCUT2D eigenvalue weighted by Gasteiger charge is 1.86. The van der Waals surface area contributed by atoms with Gasteiger partial charge in [0.1, 0.15) is 0 Å². The highest BCUT2D eigenvalue weighted by Crippen LogP contribution is 1.99. The molecule has 0 amide bonds. The first-order valence-electron chi connectivity index (χ1n) is 2.33. The Kier molecular flexibility index (Phi) is 0.895. The van der Waals surface area contributed by atoms with Gasteiger partial charge < -0.3 is 4.98 Å². The lowest BCUT2D eigenvalue weighted by Crippen LogP contribution is -1.64. The van der Waals surface area contributed by atoms with Crippen molar-refractivity contribution in [1.82, 2.24) is 4.98 Å². The summed E-state index contributed by atoms with van der Waals surface area (Å²) in [5, 5.41) is 0. The molecule has 0 saturated carbocycles. The second-order valence-electron chi connectivity index (χ2n) is 1.72.